The molecule has 1 N–H and O–H groups in total. The van der Waals surface area contributed by atoms with Crippen LogP contribution in [0.3, 0.4) is 0 Å². The normalized spacial score (nSPS) is 33.6. The molecule has 1 heteroatoms. The zero-order chi connectivity index (χ0) is 9.97. The van der Waals surface area contributed by atoms with E-state index in [0.717, 1.165) is 17.8 Å². The van der Waals surface area contributed by atoms with Gasteiger partial charge in [0.25, 0.3) is 0 Å². The summed E-state index contributed by atoms with van der Waals surface area (Å²) in [6.45, 7) is 5.79. The molecule has 14 heavy (non-hydrogen) atoms. The Hall–Kier alpha value is -0.0400. The van der Waals surface area contributed by atoms with Gasteiger partial charge in [0, 0.05) is 6.04 Å². The molecule has 0 aromatic heterocycles. The third kappa shape index (κ3) is 2.31. The molecule has 82 valence electrons. The Bertz CT molecular complexity index is 172. The molecule has 0 amide bonds. The van der Waals surface area contributed by atoms with Crippen molar-refractivity contribution in [1.82, 2.24) is 5.32 Å². The molecule has 0 spiro atoms. The lowest BCUT2D eigenvalue weighted by molar-refractivity contribution is 0.162. The van der Waals surface area contributed by atoms with E-state index in [1.165, 1.54) is 45.1 Å². The summed E-state index contributed by atoms with van der Waals surface area (Å²) in [6, 6.07) is 0.664. The van der Waals surface area contributed by atoms with Crippen molar-refractivity contribution in [2.45, 2.75) is 58.4 Å². The molecule has 2 saturated carbocycles. The first-order chi connectivity index (χ1) is 6.77. The molecule has 0 heterocycles. The molecule has 2 aliphatic carbocycles. The van der Waals surface area contributed by atoms with Crippen LogP contribution in [0.2, 0.25) is 0 Å². The second-order valence-electron chi connectivity index (χ2n) is 5.61. The molecule has 0 radical (unpaired) electrons. The van der Waals surface area contributed by atoms with E-state index in [1.54, 1.807) is 0 Å². The predicted octanol–water partition coefficient (Wildman–Crippen LogP) is 3.20. The summed E-state index contributed by atoms with van der Waals surface area (Å²) in [5, 5.41) is 3.62. The third-order valence-electron chi connectivity index (χ3n) is 4.26. The van der Waals surface area contributed by atoms with Crippen LogP contribution in [0.15, 0.2) is 0 Å². The number of hydrogen-bond donors (Lipinski definition) is 1. The molecule has 2 rings (SSSR count). The summed E-state index contributed by atoms with van der Waals surface area (Å²) in [7, 11) is 0. The number of hydrogen-bond acceptors (Lipinski definition) is 1. The minimum absolute atomic E-state index is 0.664. The van der Waals surface area contributed by atoms with Gasteiger partial charge in [0.2, 0.25) is 0 Å². The highest BCUT2D eigenvalue weighted by atomic mass is 14.9. The van der Waals surface area contributed by atoms with Gasteiger partial charge in [0.05, 0.1) is 0 Å². The summed E-state index contributed by atoms with van der Waals surface area (Å²) < 4.78 is 0. The highest BCUT2D eigenvalue weighted by Crippen LogP contribution is 2.45. The van der Waals surface area contributed by atoms with Crippen molar-refractivity contribution >= 4 is 0 Å². The van der Waals surface area contributed by atoms with Crippen LogP contribution < -0.4 is 5.32 Å². The lowest BCUT2D eigenvalue weighted by Gasteiger charge is -2.35. The number of rotatable bonds is 4. The predicted molar refractivity (Wildman–Crippen MR) is 61.3 cm³/mol. The minimum atomic E-state index is 0.664. The van der Waals surface area contributed by atoms with E-state index in [2.05, 4.69) is 19.2 Å². The Kier molecular flexibility index (Phi) is 3.48. The van der Waals surface area contributed by atoms with Crippen molar-refractivity contribution in [2.75, 3.05) is 6.54 Å². The molecule has 0 saturated heterocycles. The van der Waals surface area contributed by atoms with E-state index >= 15 is 0 Å². The number of nitrogens with one attached hydrogen (secondary N) is 1. The molecule has 0 aromatic rings. The van der Waals surface area contributed by atoms with Crippen molar-refractivity contribution in [3.8, 4) is 0 Å². The van der Waals surface area contributed by atoms with Crippen LogP contribution in [0, 0.1) is 17.8 Å². The van der Waals surface area contributed by atoms with Crippen LogP contribution in [-0.2, 0) is 0 Å². The molecule has 2 atom stereocenters. The summed E-state index contributed by atoms with van der Waals surface area (Å²) in [4.78, 5) is 0. The maximum atomic E-state index is 3.62. The zero-order valence-electron chi connectivity index (χ0n) is 9.76. The summed E-state index contributed by atoms with van der Waals surface area (Å²) in [5.41, 5.74) is 0. The average molecular weight is 195 g/mol. The monoisotopic (exact) mass is 195 g/mol. The van der Waals surface area contributed by atoms with Crippen LogP contribution in [0.4, 0.5) is 0 Å². The van der Waals surface area contributed by atoms with E-state index in [-0.39, 0.29) is 0 Å². The van der Waals surface area contributed by atoms with E-state index in [1.807, 2.05) is 0 Å². The van der Waals surface area contributed by atoms with Crippen molar-refractivity contribution in [1.29, 1.82) is 0 Å². The van der Waals surface area contributed by atoms with Gasteiger partial charge in [-0.05, 0) is 37.1 Å². The van der Waals surface area contributed by atoms with E-state index < -0.39 is 0 Å². The maximum absolute atomic E-state index is 3.62. The standard InChI is InChI=1S/C13H25N/c1-10(2)14-9-12-7-4-8-13(12)11-5-3-6-11/h10-14H,3-9H2,1-2H3. The van der Waals surface area contributed by atoms with Gasteiger partial charge in [-0.25, -0.2) is 0 Å². The van der Waals surface area contributed by atoms with Crippen LogP contribution in [0.1, 0.15) is 52.4 Å². The highest BCUT2D eigenvalue weighted by molar-refractivity contribution is 4.87. The first-order valence-corrected chi connectivity index (χ1v) is 6.50. The lowest BCUT2D eigenvalue weighted by Crippen LogP contribution is -2.34. The fraction of sp³-hybridized carbons (Fsp3) is 1.00. The highest BCUT2D eigenvalue weighted by Gasteiger charge is 2.35. The first-order valence-electron chi connectivity index (χ1n) is 6.50. The van der Waals surface area contributed by atoms with Crippen molar-refractivity contribution in [3.63, 3.8) is 0 Å². The molecule has 0 aromatic carbocycles. The molecule has 0 aliphatic heterocycles. The molecule has 0 bridgehead atoms. The van der Waals surface area contributed by atoms with Crippen molar-refractivity contribution in [2.24, 2.45) is 17.8 Å². The van der Waals surface area contributed by atoms with E-state index in [0.29, 0.717) is 6.04 Å². The Morgan fingerprint density at radius 3 is 2.36 bits per heavy atom. The molecule has 2 aliphatic rings. The van der Waals surface area contributed by atoms with Crippen LogP contribution in [-0.4, -0.2) is 12.6 Å². The van der Waals surface area contributed by atoms with Gasteiger partial charge < -0.3 is 5.32 Å². The van der Waals surface area contributed by atoms with E-state index in [9.17, 15) is 0 Å². The van der Waals surface area contributed by atoms with Gasteiger partial charge in [0.1, 0.15) is 0 Å². The Morgan fingerprint density at radius 1 is 1.07 bits per heavy atom. The summed E-state index contributed by atoms with van der Waals surface area (Å²) >= 11 is 0. The van der Waals surface area contributed by atoms with Crippen molar-refractivity contribution in [3.05, 3.63) is 0 Å². The van der Waals surface area contributed by atoms with Crippen LogP contribution in [0.25, 0.3) is 0 Å². The molecule has 2 unspecified atom stereocenters. The quantitative estimate of drug-likeness (QED) is 0.726. The topological polar surface area (TPSA) is 12.0 Å². The van der Waals surface area contributed by atoms with Gasteiger partial charge in [-0.3, -0.25) is 0 Å². The largest absolute Gasteiger partial charge is 0.314 e. The Labute approximate surface area is 88.7 Å². The minimum Gasteiger partial charge on any atom is -0.314 e. The smallest absolute Gasteiger partial charge is 0.00104 e. The maximum Gasteiger partial charge on any atom is 0.00104 e. The van der Waals surface area contributed by atoms with Gasteiger partial charge >= 0.3 is 0 Å². The summed E-state index contributed by atoms with van der Waals surface area (Å²) in [5.74, 6) is 3.19. The second-order valence-corrected chi connectivity index (χ2v) is 5.61. The fourth-order valence-corrected chi connectivity index (χ4v) is 3.19. The van der Waals surface area contributed by atoms with Gasteiger partial charge in [-0.2, -0.15) is 0 Å². The summed E-state index contributed by atoms with van der Waals surface area (Å²) in [6.07, 6.45) is 9.07. The van der Waals surface area contributed by atoms with Gasteiger partial charge in [-0.15, -0.1) is 0 Å². The first kappa shape index (κ1) is 10.5. The molecule has 1 nitrogen and oxygen atoms in total. The SMILES string of the molecule is CC(C)NCC1CCCC1C1CCC1. The molecular weight excluding hydrogens is 170 g/mol. The average Bonchev–Trinajstić information content (AvgIpc) is 2.46. The third-order valence-corrected chi connectivity index (χ3v) is 4.26. The zero-order valence-corrected chi connectivity index (χ0v) is 9.76. The van der Waals surface area contributed by atoms with Gasteiger partial charge in [-0.1, -0.05) is 39.5 Å². The van der Waals surface area contributed by atoms with Gasteiger partial charge in [0.15, 0.2) is 0 Å². The Morgan fingerprint density at radius 2 is 1.79 bits per heavy atom. The van der Waals surface area contributed by atoms with E-state index in [4.69, 9.17) is 0 Å². The van der Waals surface area contributed by atoms with Crippen molar-refractivity contribution < 1.29 is 0 Å². The Balaban J connectivity index is 1.77. The second kappa shape index (κ2) is 4.65. The van der Waals surface area contributed by atoms with Crippen LogP contribution >= 0.6 is 0 Å². The molecule has 2 fully saturated rings. The molecular formula is C13H25N. The van der Waals surface area contributed by atoms with Crippen LogP contribution in [0.5, 0.6) is 0 Å². The fourth-order valence-electron chi connectivity index (χ4n) is 3.19. The lowest BCUT2D eigenvalue weighted by atomic mass is 9.72.